The van der Waals surface area contributed by atoms with Crippen molar-refractivity contribution in [1.82, 2.24) is 20.5 Å². The Labute approximate surface area is 124 Å². The van der Waals surface area contributed by atoms with Gasteiger partial charge in [-0.15, -0.1) is 21.5 Å². The van der Waals surface area contributed by atoms with Gasteiger partial charge in [-0.1, -0.05) is 11.8 Å². The van der Waals surface area contributed by atoms with Gasteiger partial charge in [0.05, 0.1) is 16.5 Å². The third-order valence-corrected chi connectivity index (χ3v) is 4.65. The number of rotatable bonds is 5. The van der Waals surface area contributed by atoms with Gasteiger partial charge in [0.25, 0.3) is 11.1 Å². The molecule has 0 aromatic carbocycles. The zero-order valence-corrected chi connectivity index (χ0v) is 12.8. The fourth-order valence-electron chi connectivity index (χ4n) is 1.71. The Bertz CT molecular complexity index is 633. The Morgan fingerprint density at radius 2 is 2.25 bits per heavy atom. The Kier molecular flexibility index (Phi) is 3.75. The predicted octanol–water partition coefficient (Wildman–Crippen LogP) is 2.18. The van der Waals surface area contributed by atoms with Crippen LogP contribution in [0.2, 0.25) is 0 Å². The quantitative estimate of drug-likeness (QED) is 0.853. The molecule has 1 aliphatic rings. The molecular weight excluding hydrogens is 296 g/mol. The molecule has 0 aliphatic heterocycles. The molecule has 0 spiro atoms. The highest BCUT2D eigenvalue weighted by Gasteiger charge is 2.23. The van der Waals surface area contributed by atoms with Gasteiger partial charge in [0, 0.05) is 6.04 Å². The van der Waals surface area contributed by atoms with Gasteiger partial charge < -0.3 is 9.73 Å². The van der Waals surface area contributed by atoms with Crippen molar-refractivity contribution in [2.24, 2.45) is 0 Å². The summed E-state index contributed by atoms with van der Waals surface area (Å²) in [6.45, 7) is 3.86. The summed E-state index contributed by atoms with van der Waals surface area (Å²) in [6.07, 6.45) is 2.18. The minimum atomic E-state index is 0.0158. The van der Waals surface area contributed by atoms with E-state index in [1.807, 2.05) is 13.8 Å². The summed E-state index contributed by atoms with van der Waals surface area (Å²) >= 11 is 2.78. The first-order valence-electron chi connectivity index (χ1n) is 6.32. The highest BCUT2D eigenvalue weighted by Crippen LogP contribution is 2.30. The number of hydrogen-bond acceptors (Lipinski definition) is 7. The Morgan fingerprint density at radius 3 is 2.90 bits per heavy atom. The van der Waals surface area contributed by atoms with Gasteiger partial charge in [0.15, 0.2) is 0 Å². The molecule has 1 amide bonds. The number of amides is 1. The zero-order chi connectivity index (χ0) is 14.1. The van der Waals surface area contributed by atoms with Crippen molar-refractivity contribution in [3.05, 3.63) is 10.7 Å². The molecule has 0 atom stereocenters. The summed E-state index contributed by atoms with van der Waals surface area (Å²) in [5.41, 5.74) is 0.888. The maximum absolute atomic E-state index is 11.6. The lowest BCUT2D eigenvalue weighted by Gasteiger charge is -1.99. The number of thiazole rings is 1. The second-order valence-corrected chi connectivity index (χ2v) is 6.78. The molecule has 2 aromatic heterocycles. The first kappa shape index (κ1) is 13.6. The van der Waals surface area contributed by atoms with Crippen molar-refractivity contribution in [3.63, 3.8) is 0 Å². The molecule has 0 unspecified atom stereocenters. The van der Waals surface area contributed by atoms with Crippen molar-refractivity contribution >= 4 is 29.0 Å². The minimum Gasteiger partial charge on any atom is -0.410 e. The Morgan fingerprint density at radius 1 is 1.45 bits per heavy atom. The molecule has 3 rings (SSSR count). The molecule has 2 heterocycles. The number of carbonyl (C=O) groups is 1. The smallest absolute Gasteiger partial charge is 0.277 e. The molecule has 0 radical (unpaired) electrons. The summed E-state index contributed by atoms with van der Waals surface area (Å²) in [7, 11) is 0. The molecular formula is C12H14N4O2S2. The third-order valence-electron chi connectivity index (χ3n) is 2.77. The third kappa shape index (κ3) is 3.18. The number of thioether (sulfide) groups is 1. The highest BCUT2D eigenvalue weighted by molar-refractivity contribution is 7.99. The molecule has 0 bridgehead atoms. The van der Waals surface area contributed by atoms with Gasteiger partial charge in [-0.2, -0.15) is 0 Å². The van der Waals surface area contributed by atoms with E-state index in [1.54, 1.807) is 0 Å². The second-order valence-electron chi connectivity index (χ2n) is 4.65. The normalized spacial score (nSPS) is 14.5. The van der Waals surface area contributed by atoms with Gasteiger partial charge in [-0.05, 0) is 26.7 Å². The fourth-order valence-corrected chi connectivity index (χ4v) is 3.13. The van der Waals surface area contributed by atoms with Crippen LogP contribution in [-0.4, -0.2) is 32.9 Å². The van der Waals surface area contributed by atoms with E-state index in [9.17, 15) is 4.79 Å². The van der Waals surface area contributed by atoms with E-state index < -0.39 is 0 Å². The lowest BCUT2D eigenvalue weighted by atomic mass is 10.4. The first-order chi connectivity index (χ1) is 9.61. The standard InChI is InChI=1S/C12H14N4O2S2/c1-6-10(20-7(2)13-6)11-15-16-12(18-11)19-5-9(17)14-8-3-4-8/h8H,3-5H2,1-2H3,(H,14,17). The van der Waals surface area contributed by atoms with Crippen LogP contribution >= 0.6 is 23.1 Å². The van der Waals surface area contributed by atoms with Gasteiger partial charge in [0.1, 0.15) is 4.88 Å². The maximum atomic E-state index is 11.6. The molecule has 106 valence electrons. The average molecular weight is 310 g/mol. The molecule has 20 heavy (non-hydrogen) atoms. The van der Waals surface area contributed by atoms with Crippen molar-refractivity contribution in [2.75, 3.05) is 5.75 Å². The molecule has 1 N–H and O–H groups in total. The van der Waals surface area contributed by atoms with Gasteiger partial charge in [-0.3, -0.25) is 4.79 Å². The SMILES string of the molecule is Cc1nc(C)c(-c2nnc(SCC(=O)NC3CC3)o2)s1. The molecule has 1 fully saturated rings. The van der Waals surface area contributed by atoms with E-state index in [0.29, 0.717) is 22.9 Å². The fraction of sp³-hybridized carbons (Fsp3) is 0.500. The van der Waals surface area contributed by atoms with Crippen LogP contribution in [0.25, 0.3) is 10.8 Å². The van der Waals surface area contributed by atoms with E-state index in [0.717, 1.165) is 28.4 Å². The number of aromatic nitrogens is 3. The van der Waals surface area contributed by atoms with E-state index in [2.05, 4.69) is 20.5 Å². The van der Waals surface area contributed by atoms with Crippen LogP contribution in [-0.2, 0) is 4.79 Å². The molecule has 8 heteroatoms. The van der Waals surface area contributed by atoms with Crippen LogP contribution < -0.4 is 5.32 Å². The monoisotopic (exact) mass is 310 g/mol. The maximum Gasteiger partial charge on any atom is 0.277 e. The zero-order valence-electron chi connectivity index (χ0n) is 11.2. The molecule has 2 aromatic rings. The van der Waals surface area contributed by atoms with Crippen molar-refractivity contribution < 1.29 is 9.21 Å². The topological polar surface area (TPSA) is 80.9 Å². The number of aryl methyl sites for hydroxylation is 2. The van der Waals surface area contributed by atoms with Gasteiger partial charge in [-0.25, -0.2) is 4.98 Å². The van der Waals surface area contributed by atoms with Gasteiger partial charge >= 0.3 is 0 Å². The van der Waals surface area contributed by atoms with E-state index in [1.165, 1.54) is 23.1 Å². The van der Waals surface area contributed by atoms with Crippen molar-refractivity contribution in [3.8, 4) is 10.8 Å². The molecule has 6 nitrogen and oxygen atoms in total. The lowest BCUT2D eigenvalue weighted by molar-refractivity contribution is -0.118. The van der Waals surface area contributed by atoms with Crippen LogP contribution in [0.15, 0.2) is 9.64 Å². The number of carbonyl (C=O) groups excluding carboxylic acids is 1. The first-order valence-corrected chi connectivity index (χ1v) is 8.12. The minimum absolute atomic E-state index is 0.0158. The highest BCUT2D eigenvalue weighted by atomic mass is 32.2. The van der Waals surface area contributed by atoms with Crippen molar-refractivity contribution in [1.29, 1.82) is 0 Å². The summed E-state index contributed by atoms with van der Waals surface area (Å²) in [6, 6.07) is 0.379. The summed E-state index contributed by atoms with van der Waals surface area (Å²) in [5, 5.41) is 12.3. The molecule has 0 saturated heterocycles. The van der Waals surface area contributed by atoms with E-state index in [-0.39, 0.29) is 5.91 Å². The summed E-state index contributed by atoms with van der Waals surface area (Å²) < 4.78 is 5.57. The number of nitrogens with one attached hydrogen (secondary N) is 1. The largest absolute Gasteiger partial charge is 0.410 e. The van der Waals surface area contributed by atoms with Gasteiger partial charge in [0.2, 0.25) is 5.91 Å². The van der Waals surface area contributed by atoms with Crippen LogP contribution in [0, 0.1) is 13.8 Å². The summed E-state index contributed by atoms with van der Waals surface area (Å²) in [4.78, 5) is 16.8. The number of hydrogen-bond donors (Lipinski definition) is 1. The summed E-state index contributed by atoms with van der Waals surface area (Å²) in [5.74, 6) is 0.791. The van der Waals surface area contributed by atoms with Crippen LogP contribution in [0.5, 0.6) is 0 Å². The average Bonchev–Trinajstić information content (AvgIpc) is 2.97. The lowest BCUT2D eigenvalue weighted by Crippen LogP contribution is -2.26. The number of nitrogens with zero attached hydrogens (tertiary/aromatic N) is 3. The second kappa shape index (κ2) is 5.53. The van der Waals surface area contributed by atoms with Crippen LogP contribution in [0.1, 0.15) is 23.5 Å². The Hall–Kier alpha value is -1.41. The Balaban J connectivity index is 1.61. The van der Waals surface area contributed by atoms with Crippen LogP contribution in [0.4, 0.5) is 0 Å². The van der Waals surface area contributed by atoms with Crippen molar-refractivity contribution in [2.45, 2.75) is 38.0 Å². The predicted molar refractivity (Wildman–Crippen MR) is 76.8 cm³/mol. The van der Waals surface area contributed by atoms with E-state index in [4.69, 9.17) is 4.42 Å². The van der Waals surface area contributed by atoms with Crippen LogP contribution in [0.3, 0.4) is 0 Å². The molecule has 1 saturated carbocycles. The van der Waals surface area contributed by atoms with E-state index >= 15 is 0 Å². The molecule has 1 aliphatic carbocycles.